The van der Waals surface area contributed by atoms with Gasteiger partial charge in [0.15, 0.2) is 23.0 Å². The van der Waals surface area contributed by atoms with E-state index in [1.165, 1.54) is 6.07 Å². The number of allylic oxidation sites excluding steroid dienone is 1. The molecule has 0 radical (unpaired) electrons. The van der Waals surface area contributed by atoms with Gasteiger partial charge >= 0.3 is 0 Å². The molecular formula is C19H16N2O5. The number of nitrogens with two attached hydrogens (primary N) is 1. The molecule has 0 aromatic heterocycles. The van der Waals surface area contributed by atoms with Crippen LogP contribution in [0.5, 0.6) is 28.7 Å². The van der Waals surface area contributed by atoms with Gasteiger partial charge in [0.1, 0.15) is 17.4 Å². The van der Waals surface area contributed by atoms with E-state index in [-0.39, 0.29) is 24.0 Å². The molecule has 0 bridgehead atoms. The van der Waals surface area contributed by atoms with Crippen molar-refractivity contribution < 1.29 is 24.1 Å². The van der Waals surface area contributed by atoms with Crippen LogP contribution in [-0.2, 0) is 0 Å². The normalized spacial score (nSPS) is 17.3. The van der Waals surface area contributed by atoms with E-state index in [9.17, 15) is 10.4 Å². The van der Waals surface area contributed by atoms with E-state index in [0.717, 1.165) is 11.1 Å². The van der Waals surface area contributed by atoms with E-state index in [4.69, 9.17) is 24.7 Å². The highest BCUT2D eigenvalue weighted by Gasteiger charge is 2.33. The second kappa shape index (κ2) is 6.08. The number of benzene rings is 2. The van der Waals surface area contributed by atoms with Crippen LogP contribution in [0, 0.1) is 11.3 Å². The number of aromatic hydroxyl groups is 1. The summed E-state index contributed by atoms with van der Waals surface area (Å²) in [5.74, 6) is 1.59. The molecule has 2 aromatic rings. The molecule has 0 unspecified atom stereocenters. The molecule has 2 heterocycles. The zero-order valence-corrected chi connectivity index (χ0v) is 14.0. The summed E-state index contributed by atoms with van der Waals surface area (Å²) >= 11 is 0. The topological polar surface area (TPSA) is 107 Å². The first-order valence-corrected chi connectivity index (χ1v) is 8.09. The maximum absolute atomic E-state index is 9.97. The molecule has 132 valence electrons. The quantitative estimate of drug-likeness (QED) is 0.874. The van der Waals surface area contributed by atoms with Crippen molar-refractivity contribution in [3.63, 3.8) is 0 Å². The van der Waals surface area contributed by atoms with Crippen LogP contribution in [0.15, 0.2) is 41.8 Å². The Labute approximate surface area is 149 Å². The Balaban J connectivity index is 1.89. The van der Waals surface area contributed by atoms with Crippen LogP contribution in [0.1, 0.15) is 24.0 Å². The molecule has 0 saturated heterocycles. The maximum atomic E-state index is 9.97. The fourth-order valence-electron chi connectivity index (χ4n) is 3.17. The first-order valence-electron chi connectivity index (χ1n) is 8.09. The number of rotatable bonds is 3. The van der Waals surface area contributed by atoms with Crippen LogP contribution in [-0.4, -0.2) is 18.5 Å². The van der Waals surface area contributed by atoms with E-state index in [0.29, 0.717) is 29.6 Å². The number of nitriles is 1. The van der Waals surface area contributed by atoms with Gasteiger partial charge in [-0.1, -0.05) is 6.07 Å². The predicted octanol–water partition coefficient (Wildman–Crippen LogP) is 2.74. The number of ether oxygens (including phenoxy) is 4. The third kappa shape index (κ3) is 2.43. The predicted molar refractivity (Wildman–Crippen MR) is 91.1 cm³/mol. The van der Waals surface area contributed by atoms with Crippen molar-refractivity contribution in [1.29, 1.82) is 5.26 Å². The Kier molecular flexibility index (Phi) is 3.73. The van der Waals surface area contributed by atoms with Gasteiger partial charge in [-0.25, -0.2) is 0 Å². The van der Waals surface area contributed by atoms with Crippen molar-refractivity contribution >= 4 is 0 Å². The average molecular weight is 352 g/mol. The Morgan fingerprint density at radius 2 is 2.00 bits per heavy atom. The second-order valence-corrected chi connectivity index (χ2v) is 5.83. The molecule has 7 heteroatoms. The van der Waals surface area contributed by atoms with E-state index in [2.05, 4.69) is 6.07 Å². The van der Waals surface area contributed by atoms with Crippen molar-refractivity contribution in [3.8, 4) is 34.8 Å². The summed E-state index contributed by atoms with van der Waals surface area (Å²) in [5.41, 5.74) is 7.74. The number of phenolic OH excluding ortho intramolecular Hbond substituents is 1. The zero-order chi connectivity index (χ0) is 18.3. The first kappa shape index (κ1) is 16.0. The lowest BCUT2D eigenvalue weighted by atomic mass is 9.83. The fraction of sp³-hybridized carbons (Fsp3) is 0.211. The van der Waals surface area contributed by atoms with E-state index < -0.39 is 5.92 Å². The summed E-state index contributed by atoms with van der Waals surface area (Å²) in [5, 5.41) is 19.6. The highest BCUT2D eigenvalue weighted by molar-refractivity contribution is 5.62. The van der Waals surface area contributed by atoms with Gasteiger partial charge < -0.3 is 29.8 Å². The minimum Gasteiger partial charge on any atom is -0.504 e. The third-order valence-corrected chi connectivity index (χ3v) is 4.33. The molecule has 4 rings (SSSR count). The lowest BCUT2D eigenvalue weighted by Crippen LogP contribution is -2.21. The SMILES string of the molecule is CCOc1cc([C@@H]2C(C#N)=C(N)Oc3cc4c(cc32)OCO4)ccc1O. The van der Waals surface area contributed by atoms with Crippen molar-refractivity contribution in [3.05, 3.63) is 52.9 Å². The highest BCUT2D eigenvalue weighted by Crippen LogP contribution is 2.48. The number of hydrogen-bond donors (Lipinski definition) is 2. The van der Waals surface area contributed by atoms with Crippen LogP contribution in [0.3, 0.4) is 0 Å². The summed E-state index contributed by atoms with van der Waals surface area (Å²) in [6, 6.07) is 10.6. The lowest BCUT2D eigenvalue weighted by molar-refractivity contribution is 0.174. The molecule has 3 N–H and O–H groups in total. The van der Waals surface area contributed by atoms with Gasteiger partial charge in [0.25, 0.3) is 0 Å². The number of hydrogen-bond acceptors (Lipinski definition) is 7. The second-order valence-electron chi connectivity index (χ2n) is 5.83. The van der Waals surface area contributed by atoms with Crippen molar-refractivity contribution in [2.75, 3.05) is 13.4 Å². The van der Waals surface area contributed by atoms with Gasteiger partial charge in [-0.15, -0.1) is 0 Å². The van der Waals surface area contributed by atoms with E-state index in [1.54, 1.807) is 24.3 Å². The van der Waals surface area contributed by atoms with Crippen LogP contribution < -0.4 is 24.7 Å². The largest absolute Gasteiger partial charge is 0.504 e. The molecular weight excluding hydrogens is 336 g/mol. The summed E-state index contributed by atoms with van der Waals surface area (Å²) < 4.78 is 21.9. The molecule has 0 spiro atoms. The summed E-state index contributed by atoms with van der Waals surface area (Å²) in [7, 11) is 0. The molecule has 0 saturated carbocycles. The summed E-state index contributed by atoms with van der Waals surface area (Å²) in [6.45, 7) is 2.36. The average Bonchev–Trinajstić information content (AvgIpc) is 3.08. The van der Waals surface area contributed by atoms with Crippen LogP contribution in [0.25, 0.3) is 0 Å². The summed E-state index contributed by atoms with van der Waals surface area (Å²) in [4.78, 5) is 0. The standard InChI is InChI=1S/C19H16N2O5/c1-2-23-15-5-10(3-4-13(15)22)18-11-6-16-17(25-9-24-16)7-14(11)26-19(21)12(18)8-20/h3-7,18,22H,2,9,21H2,1H3/t18-/m0/s1. The molecule has 7 nitrogen and oxygen atoms in total. The molecule has 0 amide bonds. The Bertz CT molecular complexity index is 961. The first-order chi connectivity index (χ1) is 12.6. The molecule has 26 heavy (non-hydrogen) atoms. The molecule has 0 fully saturated rings. The van der Waals surface area contributed by atoms with Crippen LogP contribution in [0.4, 0.5) is 0 Å². The molecule has 2 aliphatic heterocycles. The smallest absolute Gasteiger partial charge is 0.231 e. The molecule has 2 aliphatic rings. The Morgan fingerprint density at radius 1 is 1.23 bits per heavy atom. The third-order valence-electron chi connectivity index (χ3n) is 4.33. The van der Waals surface area contributed by atoms with Gasteiger partial charge in [-0.2, -0.15) is 5.26 Å². The number of phenols is 1. The van der Waals surface area contributed by atoms with E-state index in [1.807, 2.05) is 6.92 Å². The van der Waals surface area contributed by atoms with Crippen molar-refractivity contribution in [2.24, 2.45) is 5.73 Å². The number of nitrogens with zero attached hydrogens (tertiary/aromatic N) is 1. The Morgan fingerprint density at radius 3 is 2.73 bits per heavy atom. The van der Waals surface area contributed by atoms with E-state index >= 15 is 0 Å². The Hall–Kier alpha value is -3.53. The van der Waals surface area contributed by atoms with Gasteiger partial charge in [-0.3, -0.25) is 0 Å². The van der Waals surface area contributed by atoms with Crippen molar-refractivity contribution in [1.82, 2.24) is 0 Å². The van der Waals surface area contributed by atoms with Gasteiger partial charge in [0.2, 0.25) is 12.7 Å². The molecule has 2 aromatic carbocycles. The minimum atomic E-state index is -0.474. The monoisotopic (exact) mass is 352 g/mol. The van der Waals surface area contributed by atoms with Crippen LogP contribution in [0.2, 0.25) is 0 Å². The fourth-order valence-corrected chi connectivity index (χ4v) is 3.17. The van der Waals surface area contributed by atoms with Gasteiger partial charge in [0.05, 0.1) is 12.5 Å². The van der Waals surface area contributed by atoms with Gasteiger partial charge in [0, 0.05) is 11.6 Å². The van der Waals surface area contributed by atoms with Crippen LogP contribution >= 0.6 is 0 Å². The minimum absolute atomic E-state index is 0.0315. The highest BCUT2D eigenvalue weighted by atomic mass is 16.7. The number of fused-ring (bicyclic) bond motifs is 2. The molecule has 1 atom stereocenters. The van der Waals surface area contributed by atoms with Gasteiger partial charge in [-0.05, 0) is 30.7 Å². The van der Waals surface area contributed by atoms with Crippen molar-refractivity contribution in [2.45, 2.75) is 12.8 Å². The summed E-state index contributed by atoms with van der Waals surface area (Å²) in [6.07, 6.45) is 0. The zero-order valence-electron chi connectivity index (χ0n) is 14.0. The maximum Gasteiger partial charge on any atom is 0.231 e. The lowest BCUT2D eigenvalue weighted by Gasteiger charge is -2.27. The molecule has 0 aliphatic carbocycles.